The van der Waals surface area contributed by atoms with E-state index < -0.39 is 5.25 Å². The summed E-state index contributed by atoms with van der Waals surface area (Å²) in [5.74, 6) is 0.518. The summed E-state index contributed by atoms with van der Waals surface area (Å²) >= 11 is 1.29. The number of carbonyl (C=O) groups excluding carboxylic acids is 2. The van der Waals surface area contributed by atoms with Crippen molar-refractivity contribution in [1.29, 1.82) is 0 Å². The van der Waals surface area contributed by atoms with Crippen LogP contribution in [0.2, 0.25) is 0 Å². The zero-order valence-electron chi connectivity index (χ0n) is 18.3. The molecule has 166 valence electrons. The van der Waals surface area contributed by atoms with E-state index in [1.165, 1.54) is 17.3 Å². The molecule has 0 aliphatic carbocycles. The predicted molar refractivity (Wildman–Crippen MR) is 132 cm³/mol. The van der Waals surface area contributed by atoms with E-state index in [1.807, 2.05) is 73.7 Å². The first-order valence-corrected chi connectivity index (χ1v) is 11.6. The number of thioether (sulfide) groups is 1. The second kappa shape index (κ2) is 12.0. The third kappa shape index (κ3) is 7.46. The Balaban J connectivity index is 1.47. The van der Waals surface area contributed by atoms with Crippen molar-refractivity contribution in [1.82, 2.24) is 0 Å². The fraction of sp³-hybridized carbons (Fsp3) is 0.231. The monoisotopic (exact) mass is 448 g/mol. The van der Waals surface area contributed by atoms with Crippen LogP contribution in [0.15, 0.2) is 78.9 Å². The Labute approximate surface area is 193 Å². The van der Waals surface area contributed by atoms with Crippen LogP contribution in [0.1, 0.15) is 18.1 Å². The molecule has 3 rings (SSSR count). The number of carbonyl (C=O) groups is 2. The lowest BCUT2D eigenvalue weighted by Gasteiger charge is -2.15. The largest absolute Gasteiger partial charge is 0.491 e. The van der Waals surface area contributed by atoms with Gasteiger partial charge < -0.3 is 15.4 Å². The van der Waals surface area contributed by atoms with Gasteiger partial charge in [-0.2, -0.15) is 0 Å². The number of aryl methyl sites for hydroxylation is 1. The molecule has 32 heavy (non-hydrogen) atoms. The first-order valence-electron chi connectivity index (χ1n) is 10.6. The van der Waals surface area contributed by atoms with Crippen molar-refractivity contribution < 1.29 is 14.3 Å². The quantitative estimate of drug-likeness (QED) is 0.441. The Morgan fingerprint density at radius 2 is 1.59 bits per heavy atom. The number of para-hydroxylation sites is 2. The van der Waals surface area contributed by atoms with Gasteiger partial charge in [0.15, 0.2) is 0 Å². The van der Waals surface area contributed by atoms with Crippen molar-refractivity contribution in [2.45, 2.75) is 25.5 Å². The summed E-state index contributed by atoms with van der Waals surface area (Å²) in [6, 6.07) is 25.1. The predicted octanol–water partition coefficient (Wildman–Crippen LogP) is 5.32. The number of hydrogen-bond donors (Lipinski definition) is 2. The molecule has 1 unspecified atom stereocenters. The van der Waals surface area contributed by atoms with E-state index in [0.717, 1.165) is 17.7 Å². The summed E-state index contributed by atoms with van der Waals surface area (Å²) in [5, 5.41) is 5.38. The number of rotatable bonds is 10. The molecular weight excluding hydrogens is 420 g/mol. The Hall–Kier alpha value is -3.25. The highest BCUT2D eigenvalue weighted by Crippen LogP contribution is 2.25. The van der Waals surface area contributed by atoms with Crippen LogP contribution < -0.4 is 15.4 Å². The molecular formula is C26H28N2O3S. The van der Waals surface area contributed by atoms with Crippen LogP contribution in [0, 0.1) is 6.92 Å². The van der Waals surface area contributed by atoms with Crippen LogP contribution in [-0.4, -0.2) is 29.4 Å². The summed E-state index contributed by atoms with van der Waals surface area (Å²) < 4.78 is 5.91. The van der Waals surface area contributed by atoms with Gasteiger partial charge in [-0.05, 0) is 43.7 Å². The topological polar surface area (TPSA) is 67.4 Å². The fourth-order valence-corrected chi connectivity index (χ4v) is 3.65. The zero-order chi connectivity index (χ0) is 22.8. The minimum absolute atomic E-state index is 0.136. The van der Waals surface area contributed by atoms with Gasteiger partial charge >= 0.3 is 0 Å². The average molecular weight is 449 g/mol. The van der Waals surface area contributed by atoms with E-state index in [9.17, 15) is 9.59 Å². The minimum atomic E-state index is -0.392. The van der Waals surface area contributed by atoms with E-state index in [2.05, 4.69) is 22.8 Å². The summed E-state index contributed by atoms with van der Waals surface area (Å²) in [6.07, 6.45) is 0.783. The first-order chi connectivity index (χ1) is 15.5. The molecule has 0 heterocycles. The van der Waals surface area contributed by atoms with Crippen molar-refractivity contribution in [2.75, 3.05) is 23.0 Å². The van der Waals surface area contributed by atoms with Crippen molar-refractivity contribution in [3.63, 3.8) is 0 Å². The Kier molecular flexibility index (Phi) is 8.75. The van der Waals surface area contributed by atoms with Gasteiger partial charge in [-0.1, -0.05) is 60.2 Å². The molecule has 3 aromatic carbocycles. The maximum Gasteiger partial charge on any atom is 0.237 e. The molecule has 6 heteroatoms. The highest BCUT2D eigenvalue weighted by atomic mass is 32.2. The highest BCUT2D eigenvalue weighted by molar-refractivity contribution is 8.01. The lowest BCUT2D eigenvalue weighted by molar-refractivity contribution is -0.115. The molecule has 5 nitrogen and oxygen atoms in total. The lowest BCUT2D eigenvalue weighted by Crippen LogP contribution is -2.25. The van der Waals surface area contributed by atoms with Crippen LogP contribution in [-0.2, 0) is 16.0 Å². The number of ether oxygens (including phenoxy) is 1. The van der Waals surface area contributed by atoms with Crippen LogP contribution in [0.4, 0.5) is 11.4 Å². The third-order valence-electron chi connectivity index (χ3n) is 4.81. The molecule has 2 N–H and O–H groups in total. The number of hydrogen-bond acceptors (Lipinski definition) is 4. The van der Waals surface area contributed by atoms with Crippen molar-refractivity contribution in [3.05, 3.63) is 90.0 Å². The fourth-order valence-electron chi connectivity index (χ4n) is 2.96. The molecule has 1 atom stereocenters. The van der Waals surface area contributed by atoms with Gasteiger partial charge in [-0.3, -0.25) is 9.59 Å². The van der Waals surface area contributed by atoms with Gasteiger partial charge in [0.1, 0.15) is 5.75 Å². The van der Waals surface area contributed by atoms with Gasteiger partial charge in [-0.15, -0.1) is 11.8 Å². The highest BCUT2D eigenvalue weighted by Gasteiger charge is 2.17. The second-order valence-corrected chi connectivity index (χ2v) is 8.77. The molecule has 2 amide bonds. The van der Waals surface area contributed by atoms with E-state index in [-0.39, 0.29) is 17.6 Å². The second-order valence-electron chi connectivity index (χ2n) is 7.44. The first kappa shape index (κ1) is 23.4. The van der Waals surface area contributed by atoms with Crippen molar-refractivity contribution in [3.8, 4) is 5.75 Å². The smallest absolute Gasteiger partial charge is 0.237 e. The van der Waals surface area contributed by atoms with Crippen LogP contribution in [0.25, 0.3) is 0 Å². The molecule has 0 spiro atoms. The van der Waals surface area contributed by atoms with Crippen LogP contribution >= 0.6 is 11.8 Å². The molecule has 0 saturated carbocycles. The Bertz CT molecular complexity index is 1020. The SMILES string of the molecule is Cc1ccc(NC(=O)CSC(C)C(=O)Nc2ccccc2OCCc2ccccc2)cc1. The van der Waals surface area contributed by atoms with E-state index >= 15 is 0 Å². The van der Waals surface area contributed by atoms with E-state index in [0.29, 0.717) is 18.0 Å². The van der Waals surface area contributed by atoms with Gasteiger partial charge in [0, 0.05) is 12.1 Å². The van der Waals surface area contributed by atoms with Crippen LogP contribution in [0.5, 0.6) is 5.75 Å². The summed E-state index contributed by atoms with van der Waals surface area (Å²) in [4.78, 5) is 24.8. The summed E-state index contributed by atoms with van der Waals surface area (Å²) in [5.41, 5.74) is 3.71. The van der Waals surface area contributed by atoms with Gasteiger partial charge in [0.05, 0.1) is 23.3 Å². The van der Waals surface area contributed by atoms with Gasteiger partial charge in [0.2, 0.25) is 11.8 Å². The van der Waals surface area contributed by atoms with Crippen molar-refractivity contribution >= 4 is 35.0 Å². The molecule has 0 saturated heterocycles. The molecule has 0 aliphatic rings. The maximum atomic E-state index is 12.6. The maximum absolute atomic E-state index is 12.6. The third-order valence-corrected chi connectivity index (χ3v) is 5.95. The molecule has 0 aromatic heterocycles. The van der Waals surface area contributed by atoms with Crippen LogP contribution in [0.3, 0.4) is 0 Å². The van der Waals surface area contributed by atoms with E-state index in [1.54, 1.807) is 6.92 Å². The molecule has 3 aromatic rings. The number of benzene rings is 3. The van der Waals surface area contributed by atoms with Crippen molar-refractivity contribution in [2.24, 2.45) is 0 Å². The average Bonchev–Trinajstić information content (AvgIpc) is 2.81. The van der Waals surface area contributed by atoms with Gasteiger partial charge in [0.25, 0.3) is 0 Å². The number of nitrogens with one attached hydrogen (secondary N) is 2. The Morgan fingerprint density at radius 3 is 2.34 bits per heavy atom. The normalized spacial score (nSPS) is 11.4. The number of amides is 2. The minimum Gasteiger partial charge on any atom is -0.491 e. The zero-order valence-corrected chi connectivity index (χ0v) is 19.2. The Morgan fingerprint density at radius 1 is 0.906 bits per heavy atom. The molecule has 0 aliphatic heterocycles. The van der Waals surface area contributed by atoms with E-state index in [4.69, 9.17) is 4.74 Å². The molecule has 0 bridgehead atoms. The van der Waals surface area contributed by atoms with Gasteiger partial charge in [-0.25, -0.2) is 0 Å². The standard InChI is InChI=1S/C26H28N2O3S/c1-19-12-14-22(15-13-19)27-25(29)18-32-20(2)26(30)28-23-10-6-7-11-24(23)31-17-16-21-8-4-3-5-9-21/h3-15,20H,16-18H2,1-2H3,(H,27,29)(H,28,30). The number of anilines is 2. The molecule has 0 fully saturated rings. The molecule has 0 radical (unpaired) electrons. The summed E-state index contributed by atoms with van der Waals surface area (Å²) in [7, 11) is 0. The lowest BCUT2D eigenvalue weighted by atomic mass is 10.2. The summed E-state index contributed by atoms with van der Waals surface area (Å²) in [6.45, 7) is 4.30.